The molecule has 2 heterocycles. The summed E-state index contributed by atoms with van der Waals surface area (Å²) in [7, 11) is 0. The number of carbonyl (C=O) groups is 3. The normalized spacial score (nSPS) is 20.2. The Bertz CT molecular complexity index is 523. The van der Waals surface area contributed by atoms with E-state index in [9.17, 15) is 14.4 Å². The molecule has 26 heavy (non-hydrogen) atoms. The van der Waals surface area contributed by atoms with E-state index in [1.165, 1.54) is 0 Å². The first-order valence-corrected chi connectivity index (χ1v) is 9.35. The van der Waals surface area contributed by atoms with Crippen molar-refractivity contribution >= 4 is 18.0 Å². The van der Waals surface area contributed by atoms with E-state index < -0.39 is 5.60 Å². The van der Waals surface area contributed by atoms with Crippen LogP contribution in [0.3, 0.4) is 0 Å². The quantitative estimate of drug-likeness (QED) is 0.691. The van der Waals surface area contributed by atoms with Gasteiger partial charge < -0.3 is 19.3 Å². The molecule has 0 unspecified atom stereocenters. The highest BCUT2D eigenvalue weighted by Gasteiger charge is 2.33. The molecular formula is C18H31N3O5. The molecular weight excluding hydrogens is 338 g/mol. The van der Waals surface area contributed by atoms with E-state index in [1.807, 2.05) is 20.8 Å². The summed E-state index contributed by atoms with van der Waals surface area (Å²) in [5, 5.41) is 0. The van der Waals surface area contributed by atoms with E-state index >= 15 is 0 Å². The number of likely N-dealkylation sites (tertiary alicyclic amines) is 1. The van der Waals surface area contributed by atoms with Crippen LogP contribution < -0.4 is 0 Å². The fourth-order valence-electron chi connectivity index (χ4n) is 3.31. The lowest BCUT2D eigenvalue weighted by Gasteiger charge is -2.42. The third-order valence-corrected chi connectivity index (χ3v) is 4.61. The standard InChI is InChI=1S/C18H31N3O5/c1-5-25-16(23)13-21-11-10-20(12-15(21)22)14-6-8-19(9-7-14)17(24)26-18(2,3)4/h14H,5-13H2,1-4H3. The molecule has 2 fully saturated rings. The molecule has 8 nitrogen and oxygen atoms in total. The molecule has 0 spiro atoms. The smallest absolute Gasteiger partial charge is 0.410 e. The fraction of sp³-hybridized carbons (Fsp3) is 0.833. The number of ether oxygens (including phenoxy) is 2. The number of rotatable bonds is 4. The van der Waals surface area contributed by atoms with E-state index in [0.29, 0.717) is 32.8 Å². The monoisotopic (exact) mass is 369 g/mol. The van der Waals surface area contributed by atoms with Gasteiger partial charge >= 0.3 is 12.1 Å². The maximum Gasteiger partial charge on any atom is 0.410 e. The van der Waals surface area contributed by atoms with Crippen LogP contribution in [-0.2, 0) is 19.1 Å². The molecule has 2 aliphatic rings. The van der Waals surface area contributed by atoms with E-state index in [1.54, 1.807) is 16.7 Å². The SMILES string of the molecule is CCOC(=O)CN1CCN(C2CCN(C(=O)OC(C)(C)C)CC2)CC1=O. The van der Waals surface area contributed by atoms with Gasteiger partial charge in [0.25, 0.3) is 0 Å². The minimum Gasteiger partial charge on any atom is -0.465 e. The fourth-order valence-corrected chi connectivity index (χ4v) is 3.31. The Morgan fingerprint density at radius 1 is 1.12 bits per heavy atom. The topological polar surface area (TPSA) is 79.4 Å². The van der Waals surface area contributed by atoms with Crippen LogP contribution in [-0.4, -0.2) is 90.2 Å². The van der Waals surface area contributed by atoms with Gasteiger partial charge in [0.05, 0.1) is 13.2 Å². The summed E-state index contributed by atoms with van der Waals surface area (Å²) < 4.78 is 10.3. The molecule has 8 heteroatoms. The maximum absolute atomic E-state index is 12.3. The predicted molar refractivity (Wildman–Crippen MR) is 95.6 cm³/mol. The van der Waals surface area contributed by atoms with Crippen LogP contribution in [0.1, 0.15) is 40.5 Å². The molecule has 0 aliphatic carbocycles. The molecule has 0 radical (unpaired) electrons. The van der Waals surface area contributed by atoms with Gasteiger partial charge in [0, 0.05) is 32.2 Å². The molecule has 0 N–H and O–H groups in total. The van der Waals surface area contributed by atoms with Crippen molar-refractivity contribution in [1.82, 2.24) is 14.7 Å². The number of esters is 1. The molecule has 0 saturated carbocycles. The van der Waals surface area contributed by atoms with Crippen LogP contribution in [0.4, 0.5) is 4.79 Å². The van der Waals surface area contributed by atoms with E-state index in [2.05, 4.69) is 4.90 Å². The van der Waals surface area contributed by atoms with E-state index in [4.69, 9.17) is 9.47 Å². The second-order valence-corrected chi connectivity index (χ2v) is 7.79. The number of piperazine rings is 1. The Kier molecular flexibility index (Phi) is 6.86. The zero-order chi connectivity index (χ0) is 19.3. The summed E-state index contributed by atoms with van der Waals surface area (Å²) in [5.41, 5.74) is -0.490. The van der Waals surface area contributed by atoms with Crippen molar-refractivity contribution < 1.29 is 23.9 Å². The molecule has 2 rings (SSSR count). The van der Waals surface area contributed by atoms with Gasteiger partial charge in [-0.1, -0.05) is 0 Å². The van der Waals surface area contributed by atoms with Crippen molar-refractivity contribution in [3.63, 3.8) is 0 Å². The van der Waals surface area contributed by atoms with Crippen molar-refractivity contribution in [3.05, 3.63) is 0 Å². The zero-order valence-corrected chi connectivity index (χ0v) is 16.3. The van der Waals surface area contributed by atoms with Crippen LogP contribution in [0.2, 0.25) is 0 Å². The molecule has 2 saturated heterocycles. The van der Waals surface area contributed by atoms with Gasteiger partial charge in [0.2, 0.25) is 5.91 Å². The summed E-state index contributed by atoms with van der Waals surface area (Å²) in [4.78, 5) is 41.5. The highest BCUT2D eigenvalue weighted by molar-refractivity contribution is 5.84. The summed E-state index contributed by atoms with van der Waals surface area (Å²) in [5.74, 6) is -0.404. The molecule has 0 bridgehead atoms. The Hall–Kier alpha value is -1.83. The second kappa shape index (κ2) is 8.70. The minimum atomic E-state index is -0.490. The molecule has 148 valence electrons. The molecule has 0 atom stereocenters. The number of piperidine rings is 1. The average Bonchev–Trinajstić information content (AvgIpc) is 2.55. The van der Waals surface area contributed by atoms with Crippen molar-refractivity contribution in [1.29, 1.82) is 0 Å². The van der Waals surface area contributed by atoms with Crippen LogP contribution in [0, 0.1) is 0 Å². The first kappa shape index (κ1) is 20.5. The van der Waals surface area contributed by atoms with Crippen LogP contribution in [0.5, 0.6) is 0 Å². The lowest BCUT2D eigenvalue weighted by atomic mass is 10.0. The summed E-state index contributed by atoms with van der Waals surface area (Å²) >= 11 is 0. The molecule has 2 amide bonds. The predicted octanol–water partition coefficient (Wildman–Crippen LogP) is 1.09. The molecule has 0 aromatic heterocycles. The molecule has 0 aromatic rings. The molecule has 0 aromatic carbocycles. The Morgan fingerprint density at radius 3 is 2.31 bits per heavy atom. The van der Waals surface area contributed by atoms with Gasteiger partial charge in [0.1, 0.15) is 12.1 Å². The number of hydrogen-bond acceptors (Lipinski definition) is 6. The number of amides is 2. The van der Waals surface area contributed by atoms with Gasteiger partial charge in [-0.25, -0.2) is 4.79 Å². The van der Waals surface area contributed by atoms with Gasteiger partial charge in [-0.15, -0.1) is 0 Å². The third-order valence-electron chi connectivity index (χ3n) is 4.61. The Labute approximate surface area is 155 Å². The largest absolute Gasteiger partial charge is 0.465 e. The number of nitrogens with zero attached hydrogens (tertiary/aromatic N) is 3. The van der Waals surface area contributed by atoms with Gasteiger partial charge in [0.15, 0.2) is 0 Å². The van der Waals surface area contributed by atoms with Crippen molar-refractivity contribution in [2.75, 3.05) is 45.9 Å². The second-order valence-electron chi connectivity index (χ2n) is 7.79. The van der Waals surface area contributed by atoms with Gasteiger partial charge in [-0.3, -0.25) is 14.5 Å². The van der Waals surface area contributed by atoms with Crippen molar-refractivity contribution in [2.45, 2.75) is 52.2 Å². The first-order valence-electron chi connectivity index (χ1n) is 9.35. The van der Waals surface area contributed by atoms with Crippen LogP contribution in [0.25, 0.3) is 0 Å². The van der Waals surface area contributed by atoms with E-state index in [-0.39, 0.29) is 30.6 Å². The highest BCUT2D eigenvalue weighted by atomic mass is 16.6. The van der Waals surface area contributed by atoms with Crippen molar-refractivity contribution in [2.24, 2.45) is 0 Å². The highest BCUT2D eigenvalue weighted by Crippen LogP contribution is 2.20. The zero-order valence-electron chi connectivity index (χ0n) is 16.3. The van der Waals surface area contributed by atoms with Crippen LogP contribution >= 0.6 is 0 Å². The Balaban J connectivity index is 1.78. The number of hydrogen-bond donors (Lipinski definition) is 0. The summed E-state index contributed by atoms with van der Waals surface area (Å²) in [6.07, 6.45) is 1.38. The van der Waals surface area contributed by atoms with Crippen molar-refractivity contribution in [3.8, 4) is 0 Å². The first-order chi connectivity index (χ1) is 12.2. The lowest BCUT2D eigenvalue weighted by Crippen LogP contribution is -2.57. The minimum absolute atomic E-state index is 0.0254. The molecule has 2 aliphatic heterocycles. The summed E-state index contributed by atoms with van der Waals surface area (Å²) in [6, 6.07) is 0.280. The third kappa shape index (κ3) is 5.86. The Morgan fingerprint density at radius 2 is 1.77 bits per heavy atom. The lowest BCUT2D eigenvalue weighted by molar-refractivity contribution is -0.151. The maximum atomic E-state index is 12.3. The number of carbonyl (C=O) groups excluding carboxylic acids is 3. The van der Waals surface area contributed by atoms with Gasteiger partial charge in [-0.05, 0) is 40.5 Å². The summed E-state index contributed by atoms with van der Waals surface area (Å²) in [6.45, 7) is 10.5. The van der Waals surface area contributed by atoms with E-state index in [0.717, 1.165) is 19.4 Å². The van der Waals surface area contributed by atoms with Crippen LogP contribution in [0.15, 0.2) is 0 Å². The average molecular weight is 369 g/mol. The van der Waals surface area contributed by atoms with Gasteiger partial charge in [-0.2, -0.15) is 0 Å².